The van der Waals surface area contributed by atoms with Crippen molar-refractivity contribution in [3.05, 3.63) is 42.0 Å². The van der Waals surface area contributed by atoms with E-state index in [9.17, 15) is 0 Å². The largest absolute Gasteiger partial charge is 0.497 e. The molecule has 1 aliphatic rings. The highest BCUT2D eigenvalue weighted by atomic mass is 16.5. The van der Waals surface area contributed by atoms with Crippen LogP contribution in [-0.4, -0.2) is 37.7 Å². The monoisotopic (exact) mass is 270 g/mol. The van der Waals surface area contributed by atoms with Crippen molar-refractivity contribution in [3.8, 4) is 5.75 Å². The Kier molecular flexibility index (Phi) is 3.90. The number of hydrogen-bond acceptors (Lipinski definition) is 3. The van der Waals surface area contributed by atoms with Gasteiger partial charge in [-0.05, 0) is 41.5 Å². The minimum absolute atomic E-state index is 0.591. The molecule has 1 fully saturated rings. The Morgan fingerprint density at radius 2 is 2.00 bits per heavy atom. The van der Waals surface area contributed by atoms with Gasteiger partial charge >= 0.3 is 0 Å². The lowest BCUT2D eigenvalue weighted by Gasteiger charge is -2.31. The lowest BCUT2D eigenvalue weighted by atomic mass is 10.1. The number of ether oxygens (including phenoxy) is 1. The van der Waals surface area contributed by atoms with Gasteiger partial charge in [0.15, 0.2) is 0 Å². The summed E-state index contributed by atoms with van der Waals surface area (Å²) >= 11 is 0. The molecule has 1 N–H and O–H groups in total. The van der Waals surface area contributed by atoms with E-state index >= 15 is 0 Å². The van der Waals surface area contributed by atoms with Crippen LogP contribution in [0.3, 0.4) is 0 Å². The zero-order valence-corrected chi connectivity index (χ0v) is 12.2. The number of methoxy groups -OCH3 is 1. The number of hydrogen-bond donors (Lipinski definition) is 1. The normalized spacial score (nSPS) is 20.2. The van der Waals surface area contributed by atoms with Gasteiger partial charge in [0.05, 0.1) is 7.11 Å². The summed E-state index contributed by atoms with van der Waals surface area (Å²) in [5, 5.41) is 6.01. The maximum absolute atomic E-state index is 5.27. The molecule has 3 heteroatoms. The van der Waals surface area contributed by atoms with Crippen molar-refractivity contribution in [2.24, 2.45) is 0 Å². The van der Waals surface area contributed by atoms with Gasteiger partial charge in [0, 0.05) is 32.2 Å². The van der Waals surface area contributed by atoms with Crippen LogP contribution in [-0.2, 0) is 6.54 Å². The second-order valence-electron chi connectivity index (χ2n) is 5.64. The maximum atomic E-state index is 5.27. The third-order valence-electron chi connectivity index (χ3n) is 3.97. The first-order valence-electron chi connectivity index (χ1n) is 7.27. The second-order valence-corrected chi connectivity index (χ2v) is 5.64. The molecule has 0 amide bonds. The summed E-state index contributed by atoms with van der Waals surface area (Å²) in [6, 6.07) is 13.6. The molecule has 1 heterocycles. The highest BCUT2D eigenvalue weighted by Crippen LogP contribution is 2.22. The zero-order chi connectivity index (χ0) is 13.9. The lowest BCUT2D eigenvalue weighted by Crippen LogP contribution is -2.48. The third kappa shape index (κ3) is 2.94. The predicted octanol–water partition coefficient (Wildman–Crippen LogP) is 2.64. The fraction of sp³-hybridized carbons (Fsp3) is 0.412. The average Bonchev–Trinajstić information content (AvgIpc) is 2.47. The molecule has 106 valence electrons. The molecule has 20 heavy (non-hydrogen) atoms. The van der Waals surface area contributed by atoms with Gasteiger partial charge < -0.3 is 10.1 Å². The summed E-state index contributed by atoms with van der Waals surface area (Å²) in [6.45, 7) is 6.63. The quantitative estimate of drug-likeness (QED) is 0.928. The number of nitrogens with zero attached hydrogens (tertiary/aromatic N) is 1. The third-order valence-corrected chi connectivity index (χ3v) is 3.97. The fourth-order valence-electron chi connectivity index (χ4n) is 2.91. The molecule has 2 aromatic rings. The van der Waals surface area contributed by atoms with Crippen LogP contribution in [0.25, 0.3) is 10.8 Å². The van der Waals surface area contributed by atoms with E-state index in [1.54, 1.807) is 7.11 Å². The average molecular weight is 270 g/mol. The van der Waals surface area contributed by atoms with Crippen molar-refractivity contribution < 1.29 is 4.74 Å². The van der Waals surface area contributed by atoms with Crippen LogP contribution in [0.15, 0.2) is 36.4 Å². The Bertz CT molecular complexity index is 597. The summed E-state index contributed by atoms with van der Waals surface area (Å²) in [5.74, 6) is 0.918. The van der Waals surface area contributed by atoms with Crippen molar-refractivity contribution in [1.82, 2.24) is 10.2 Å². The summed E-state index contributed by atoms with van der Waals surface area (Å²) in [7, 11) is 1.71. The minimum Gasteiger partial charge on any atom is -0.497 e. The Morgan fingerprint density at radius 1 is 1.20 bits per heavy atom. The number of piperazine rings is 1. The molecule has 0 unspecified atom stereocenters. The zero-order valence-electron chi connectivity index (χ0n) is 12.2. The van der Waals surface area contributed by atoms with Gasteiger partial charge in [0.1, 0.15) is 5.75 Å². The Hall–Kier alpha value is -1.58. The maximum Gasteiger partial charge on any atom is 0.119 e. The highest BCUT2D eigenvalue weighted by Gasteiger charge is 2.15. The molecule has 0 spiro atoms. The molecule has 1 atom stereocenters. The van der Waals surface area contributed by atoms with Crippen LogP contribution in [0, 0.1) is 0 Å². The van der Waals surface area contributed by atoms with Gasteiger partial charge in [-0.15, -0.1) is 0 Å². The number of fused-ring (bicyclic) bond motifs is 1. The van der Waals surface area contributed by atoms with E-state index in [4.69, 9.17) is 4.74 Å². The number of nitrogens with one attached hydrogen (secondary N) is 1. The van der Waals surface area contributed by atoms with Gasteiger partial charge in [-0.25, -0.2) is 0 Å². The fourth-order valence-corrected chi connectivity index (χ4v) is 2.91. The van der Waals surface area contributed by atoms with Crippen molar-refractivity contribution in [2.45, 2.75) is 19.5 Å². The van der Waals surface area contributed by atoms with Crippen molar-refractivity contribution in [2.75, 3.05) is 26.7 Å². The SMILES string of the molecule is COc1ccc2cc(CN3CCN[C@H](C)C3)ccc2c1. The molecule has 0 bridgehead atoms. The van der Waals surface area contributed by atoms with Gasteiger partial charge in [0.25, 0.3) is 0 Å². The van der Waals surface area contributed by atoms with E-state index in [1.165, 1.54) is 16.3 Å². The topological polar surface area (TPSA) is 24.5 Å². The van der Waals surface area contributed by atoms with Crippen LogP contribution in [0.2, 0.25) is 0 Å². The molecule has 0 radical (unpaired) electrons. The summed E-state index contributed by atoms with van der Waals surface area (Å²) in [5.41, 5.74) is 1.39. The molecule has 1 aliphatic heterocycles. The number of rotatable bonds is 3. The molecule has 1 saturated heterocycles. The molecule has 0 saturated carbocycles. The standard InChI is InChI=1S/C17H22N2O/c1-13-11-19(8-7-18-13)12-14-3-4-16-10-17(20-2)6-5-15(16)9-14/h3-6,9-10,13,18H,7-8,11-12H2,1-2H3/t13-/m1/s1. The van der Waals surface area contributed by atoms with Gasteiger partial charge in [0.2, 0.25) is 0 Å². The smallest absolute Gasteiger partial charge is 0.119 e. The molecule has 0 aromatic heterocycles. The Labute approximate surface area is 120 Å². The van der Waals surface area contributed by atoms with Crippen LogP contribution in [0.5, 0.6) is 5.75 Å². The van der Waals surface area contributed by atoms with E-state index in [1.807, 2.05) is 6.07 Å². The van der Waals surface area contributed by atoms with E-state index in [2.05, 4.69) is 47.5 Å². The van der Waals surface area contributed by atoms with Crippen LogP contribution in [0.1, 0.15) is 12.5 Å². The van der Waals surface area contributed by atoms with E-state index in [0.29, 0.717) is 6.04 Å². The van der Waals surface area contributed by atoms with E-state index in [-0.39, 0.29) is 0 Å². The second kappa shape index (κ2) is 5.81. The Morgan fingerprint density at radius 3 is 2.80 bits per heavy atom. The van der Waals surface area contributed by atoms with Gasteiger partial charge in [-0.3, -0.25) is 4.90 Å². The van der Waals surface area contributed by atoms with Crippen molar-refractivity contribution >= 4 is 10.8 Å². The molecule has 3 nitrogen and oxygen atoms in total. The Balaban J connectivity index is 1.78. The summed E-state index contributed by atoms with van der Waals surface area (Å²) in [6.07, 6.45) is 0. The van der Waals surface area contributed by atoms with Gasteiger partial charge in [-0.1, -0.05) is 18.2 Å². The molecular formula is C17H22N2O. The summed E-state index contributed by atoms with van der Waals surface area (Å²) in [4.78, 5) is 2.52. The molecule has 0 aliphatic carbocycles. The molecular weight excluding hydrogens is 248 g/mol. The lowest BCUT2D eigenvalue weighted by molar-refractivity contribution is 0.200. The highest BCUT2D eigenvalue weighted by molar-refractivity contribution is 5.84. The van der Waals surface area contributed by atoms with Crippen LogP contribution in [0.4, 0.5) is 0 Å². The molecule has 2 aromatic carbocycles. The number of benzene rings is 2. The van der Waals surface area contributed by atoms with Crippen molar-refractivity contribution in [1.29, 1.82) is 0 Å². The van der Waals surface area contributed by atoms with Crippen LogP contribution < -0.4 is 10.1 Å². The van der Waals surface area contributed by atoms with Crippen molar-refractivity contribution in [3.63, 3.8) is 0 Å². The minimum atomic E-state index is 0.591. The first-order chi connectivity index (χ1) is 9.74. The molecule has 3 rings (SSSR count). The van der Waals surface area contributed by atoms with Crippen LogP contribution >= 0.6 is 0 Å². The summed E-state index contributed by atoms with van der Waals surface area (Å²) < 4.78 is 5.27. The van der Waals surface area contributed by atoms with Gasteiger partial charge in [-0.2, -0.15) is 0 Å². The predicted molar refractivity (Wildman–Crippen MR) is 83.2 cm³/mol. The van der Waals surface area contributed by atoms with E-state index < -0.39 is 0 Å². The first kappa shape index (κ1) is 13.4. The first-order valence-corrected chi connectivity index (χ1v) is 7.27. The van der Waals surface area contributed by atoms with E-state index in [0.717, 1.165) is 31.9 Å².